The maximum atomic E-state index is 12.8. The Labute approximate surface area is 215 Å². The van der Waals surface area contributed by atoms with Crippen LogP contribution in [0.4, 0.5) is 10.5 Å². The summed E-state index contributed by atoms with van der Waals surface area (Å²) >= 11 is 3.86. The second kappa shape index (κ2) is 10.6. The zero-order valence-electron chi connectivity index (χ0n) is 18.1. The molecule has 1 aromatic heterocycles. The molecule has 15 heteroatoms. The van der Waals surface area contributed by atoms with Crippen molar-refractivity contribution >= 4 is 64.5 Å². The van der Waals surface area contributed by atoms with E-state index in [9.17, 15) is 39.5 Å². The van der Waals surface area contributed by atoms with E-state index in [4.69, 9.17) is 4.74 Å². The number of nitrogens with zero attached hydrogens (tertiary/aromatic N) is 2. The van der Waals surface area contributed by atoms with Gasteiger partial charge in [0.2, 0.25) is 11.8 Å². The maximum absolute atomic E-state index is 12.8. The van der Waals surface area contributed by atoms with Crippen LogP contribution in [0.3, 0.4) is 0 Å². The van der Waals surface area contributed by atoms with Crippen LogP contribution in [0.2, 0.25) is 0 Å². The van der Waals surface area contributed by atoms with Gasteiger partial charge in [0.1, 0.15) is 17.0 Å². The number of hydrogen-bond donors (Lipinski definition) is 3. The van der Waals surface area contributed by atoms with E-state index >= 15 is 0 Å². The van der Waals surface area contributed by atoms with Gasteiger partial charge in [0.15, 0.2) is 0 Å². The molecule has 3 N–H and O–H groups in total. The number of nitro groups is 1. The van der Waals surface area contributed by atoms with Crippen LogP contribution >= 0.6 is 34.9 Å². The van der Waals surface area contributed by atoms with Crippen molar-refractivity contribution in [1.29, 1.82) is 0 Å². The number of benzene rings is 1. The Hall–Kier alpha value is -3.56. The fourth-order valence-electron chi connectivity index (χ4n) is 3.61. The normalized spacial score (nSPS) is 18.8. The summed E-state index contributed by atoms with van der Waals surface area (Å²) < 4.78 is 4.93. The molecule has 2 amide bonds. The number of β-lactam (4-membered cyclic amide) rings is 1. The molecule has 1 aromatic carbocycles. The van der Waals surface area contributed by atoms with Gasteiger partial charge in [0.05, 0.1) is 11.3 Å². The van der Waals surface area contributed by atoms with E-state index in [2.05, 4.69) is 5.32 Å². The molecule has 3 heterocycles. The lowest BCUT2D eigenvalue weighted by Gasteiger charge is -2.49. The number of carbonyl (C=O) groups is 4. The van der Waals surface area contributed by atoms with Crippen LogP contribution < -0.4 is 5.32 Å². The highest BCUT2D eigenvalue weighted by atomic mass is 32.2. The fourth-order valence-corrected chi connectivity index (χ4v) is 6.70. The van der Waals surface area contributed by atoms with Crippen molar-refractivity contribution in [3.8, 4) is 0 Å². The number of hydrogen-bond acceptors (Lipinski definition) is 10. The SMILES string of the molecule is O=C(Cc1cccs1)N[C@@H]1C(=O)N2C(OC(=O)O)=C(CSc3ccc([N+](=O)[O-])c(C(=O)O)c3)CS[C@@H]12. The maximum Gasteiger partial charge on any atom is 0.512 e. The molecule has 2 aromatic rings. The fraction of sp³-hybridized carbons (Fsp3) is 0.238. The first-order valence-corrected chi connectivity index (χ1v) is 13.1. The summed E-state index contributed by atoms with van der Waals surface area (Å²) in [6.45, 7) is 0. The highest BCUT2D eigenvalue weighted by molar-refractivity contribution is 8.01. The van der Waals surface area contributed by atoms with E-state index < -0.39 is 45.6 Å². The van der Waals surface area contributed by atoms with Gasteiger partial charge in [0.25, 0.3) is 11.6 Å². The molecule has 0 radical (unpaired) electrons. The lowest BCUT2D eigenvalue weighted by molar-refractivity contribution is -0.385. The predicted octanol–water partition coefficient (Wildman–Crippen LogP) is 3.00. The smallest absolute Gasteiger partial charge is 0.477 e. The number of carboxylic acids is 1. The summed E-state index contributed by atoms with van der Waals surface area (Å²) in [6, 6.07) is 6.44. The molecular formula is C21H17N3O9S3. The largest absolute Gasteiger partial charge is 0.512 e. The Balaban J connectivity index is 1.48. The van der Waals surface area contributed by atoms with E-state index in [1.165, 1.54) is 34.1 Å². The molecule has 0 unspecified atom stereocenters. The van der Waals surface area contributed by atoms with Crippen molar-refractivity contribution in [3.63, 3.8) is 0 Å². The van der Waals surface area contributed by atoms with Crippen molar-refractivity contribution < 1.29 is 39.1 Å². The minimum atomic E-state index is -1.61. The number of rotatable bonds is 9. The molecule has 0 aliphatic carbocycles. The first kappa shape index (κ1) is 25.5. The van der Waals surface area contributed by atoms with Crippen LogP contribution in [0.15, 0.2) is 52.1 Å². The summed E-state index contributed by atoms with van der Waals surface area (Å²) in [5.41, 5.74) is -0.552. The molecule has 0 saturated carbocycles. The van der Waals surface area contributed by atoms with Crippen molar-refractivity contribution in [1.82, 2.24) is 10.2 Å². The summed E-state index contributed by atoms with van der Waals surface area (Å²) in [6.07, 6.45) is -1.48. The monoisotopic (exact) mass is 551 g/mol. The number of carbonyl (C=O) groups excluding carboxylic acids is 2. The third-order valence-electron chi connectivity index (χ3n) is 5.22. The van der Waals surface area contributed by atoms with Crippen molar-refractivity contribution in [3.05, 3.63) is 67.7 Å². The molecule has 188 valence electrons. The number of ether oxygens (including phenoxy) is 1. The molecule has 4 rings (SSSR count). The van der Waals surface area contributed by atoms with Crippen LogP contribution in [-0.2, 0) is 20.7 Å². The summed E-state index contributed by atoms with van der Waals surface area (Å²) in [5.74, 6) is -2.00. The van der Waals surface area contributed by atoms with Crippen molar-refractivity contribution in [2.45, 2.75) is 22.7 Å². The average molecular weight is 552 g/mol. The highest BCUT2D eigenvalue weighted by Gasteiger charge is 2.54. The van der Waals surface area contributed by atoms with Gasteiger partial charge in [0, 0.05) is 32.9 Å². The Morgan fingerprint density at radius 1 is 1.28 bits per heavy atom. The third kappa shape index (κ3) is 5.32. The number of carboxylic acid groups (broad SMARTS) is 2. The Bertz CT molecular complexity index is 1280. The minimum absolute atomic E-state index is 0.128. The molecule has 0 bridgehead atoms. The minimum Gasteiger partial charge on any atom is -0.477 e. The van der Waals surface area contributed by atoms with Gasteiger partial charge in [-0.1, -0.05) is 6.07 Å². The number of fused-ring (bicyclic) bond motifs is 1. The van der Waals surface area contributed by atoms with Crippen molar-refractivity contribution in [2.24, 2.45) is 0 Å². The van der Waals surface area contributed by atoms with Gasteiger partial charge >= 0.3 is 12.1 Å². The van der Waals surface area contributed by atoms with Crippen LogP contribution in [0.1, 0.15) is 15.2 Å². The molecule has 1 fully saturated rings. The standard InChI is InChI=1S/C21H17N3O9S3/c25-15(7-11-2-1-5-34-11)22-16-17(26)23-18(33-21(29)30)10(9-36-19(16)23)8-35-12-3-4-14(24(31)32)13(6-12)20(27)28/h1-6,16,19H,7-9H2,(H,22,25)(H,27,28)(H,29,30)/t16-,19+/m1/s1. The first-order chi connectivity index (χ1) is 17.2. The molecule has 0 spiro atoms. The molecule has 1 saturated heterocycles. The van der Waals surface area contributed by atoms with E-state index in [1.807, 2.05) is 17.5 Å². The second-order valence-corrected chi connectivity index (χ2v) is 10.7. The van der Waals surface area contributed by atoms with Gasteiger partial charge in [-0.3, -0.25) is 24.6 Å². The van der Waals surface area contributed by atoms with Gasteiger partial charge < -0.3 is 20.3 Å². The Kier molecular flexibility index (Phi) is 7.51. The molecular weight excluding hydrogens is 534 g/mol. The van der Waals surface area contributed by atoms with Crippen LogP contribution in [0.5, 0.6) is 0 Å². The van der Waals surface area contributed by atoms with E-state index in [1.54, 1.807) is 0 Å². The topological polar surface area (TPSA) is 176 Å². The number of nitrogens with one attached hydrogen (secondary N) is 1. The van der Waals surface area contributed by atoms with E-state index in [-0.39, 0.29) is 24.0 Å². The molecule has 12 nitrogen and oxygen atoms in total. The van der Waals surface area contributed by atoms with Crippen LogP contribution in [0.25, 0.3) is 0 Å². The number of amides is 2. The Morgan fingerprint density at radius 2 is 2.06 bits per heavy atom. The molecule has 2 aliphatic rings. The van der Waals surface area contributed by atoms with E-state index in [0.29, 0.717) is 16.2 Å². The third-order valence-corrected chi connectivity index (χ3v) is 8.51. The molecule has 2 aliphatic heterocycles. The first-order valence-electron chi connectivity index (χ1n) is 10.2. The lowest BCUT2D eigenvalue weighted by atomic mass is 10.1. The lowest BCUT2D eigenvalue weighted by Crippen LogP contribution is -2.70. The van der Waals surface area contributed by atoms with E-state index in [0.717, 1.165) is 28.8 Å². The van der Waals surface area contributed by atoms with Crippen LogP contribution in [0, 0.1) is 10.1 Å². The van der Waals surface area contributed by atoms with Gasteiger partial charge in [-0.15, -0.1) is 34.9 Å². The Morgan fingerprint density at radius 3 is 2.69 bits per heavy atom. The van der Waals surface area contributed by atoms with Crippen LogP contribution in [-0.4, -0.2) is 66.9 Å². The van der Waals surface area contributed by atoms with Gasteiger partial charge in [-0.25, -0.2) is 9.59 Å². The highest BCUT2D eigenvalue weighted by Crippen LogP contribution is 2.42. The zero-order valence-corrected chi connectivity index (χ0v) is 20.6. The number of nitro benzene ring substituents is 1. The second-order valence-electron chi connectivity index (χ2n) is 7.52. The number of aromatic carboxylic acids is 1. The summed E-state index contributed by atoms with van der Waals surface area (Å²) in [7, 11) is 0. The molecule has 36 heavy (non-hydrogen) atoms. The van der Waals surface area contributed by atoms with Crippen molar-refractivity contribution in [2.75, 3.05) is 11.5 Å². The van der Waals surface area contributed by atoms with Gasteiger partial charge in [-0.2, -0.15) is 0 Å². The zero-order chi connectivity index (χ0) is 26.0. The summed E-state index contributed by atoms with van der Waals surface area (Å²) in [5, 5.41) is 33.5. The van der Waals surface area contributed by atoms with Gasteiger partial charge in [-0.05, 0) is 23.6 Å². The molecule has 2 atom stereocenters. The predicted molar refractivity (Wildman–Crippen MR) is 130 cm³/mol. The number of thiophene rings is 1. The average Bonchev–Trinajstić information content (AvgIpc) is 3.33. The number of thioether (sulfide) groups is 2. The summed E-state index contributed by atoms with van der Waals surface area (Å²) in [4.78, 5) is 60.6. The quantitative estimate of drug-likeness (QED) is 0.137.